The predicted octanol–water partition coefficient (Wildman–Crippen LogP) is 3.99. The highest BCUT2D eigenvalue weighted by atomic mass is 19.4. The Labute approximate surface area is 120 Å². The molecule has 0 aliphatic heterocycles. The summed E-state index contributed by atoms with van der Waals surface area (Å²) in [5, 5.41) is 0. The van der Waals surface area contributed by atoms with Crippen LogP contribution in [0.1, 0.15) is 16.7 Å². The van der Waals surface area contributed by atoms with Crippen LogP contribution in [0.5, 0.6) is 0 Å². The van der Waals surface area contributed by atoms with Crippen molar-refractivity contribution in [1.29, 1.82) is 0 Å². The molecule has 5 heteroatoms. The summed E-state index contributed by atoms with van der Waals surface area (Å²) in [5.74, 6) is -0.416. The molecule has 0 radical (unpaired) electrons. The Kier molecular flexibility index (Phi) is 4.62. The van der Waals surface area contributed by atoms with Gasteiger partial charge in [0.1, 0.15) is 6.61 Å². The van der Waals surface area contributed by atoms with Crippen LogP contribution in [-0.2, 0) is 28.7 Å². The maximum Gasteiger partial charge on any atom is 0.416 e. The molecule has 0 amide bonds. The number of hydrogen-bond donors (Lipinski definition) is 0. The molecule has 21 heavy (non-hydrogen) atoms. The topological polar surface area (TPSA) is 26.3 Å². The van der Waals surface area contributed by atoms with Gasteiger partial charge in [-0.05, 0) is 23.3 Å². The molecule has 0 aliphatic carbocycles. The first-order valence-electron chi connectivity index (χ1n) is 6.31. The fourth-order valence-corrected chi connectivity index (χ4v) is 1.77. The maximum absolute atomic E-state index is 12.4. The molecule has 110 valence electrons. The van der Waals surface area contributed by atoms with Gasteiger partial charge in [-0.25, -0.2) is 0 Å². The first-order chi connectivity index (χ1) is 9.95. The average molecular weight is 294 g/mol. The molecule has 2 aromatic rings. The summed E-state index contributed by atoms with van der Waals surface area (Å²) < 4.78 is 42.2. The van der Waals surface area contributed by atoms with E-state index in [1.54, 1.807) is 12.1 Å². The predicted molar refractivity (Wildman–Crippen MR) is 71.4 cm³/mol. The summed E-state index contributed by atoms with van der Waals surface area (Å²) in [7, 11) is 0. The van der Waals surface area contributed by atoms with Crippen LogP contribution < -0.4 is 0 Å². The molecular weight excluding hydrogens is 281 g/mol. The van der Waals surface area contributed by atoms with Crippen molar-refractivity contribution in [2.45, 2.75) is 19.2 Å². The largest absolute Gasteiger partial charge is 0.461 e. The Morgan fingerprint density at radius 2 is 1.52 bits per heavy atom. The maximum atomic E-state index is 12.4. The standard InChI is InChI=1S/C16H13F3O2/c17-16(18,19)14-8-6-13(7-9-14)11-21-15(20)10-12-4-2-1-3-5-12/h1-9H,10-11H2. The van der Waals surface area contributed by atoms with Gasteiger partial charge in [-0.1, -0.05) is 42.5 Å². The van der Waals surface area contributed by atoms with E-state index in [4.69, 9.17) is 4.74 Å². The molecule has 0 spiro atoms. The van der Waals surface area contributed by atoms with Crippen molar-refractivity contribution in [1.82, 2.24) is 0 Å². The molecule has 2 nitrogen and oxygen atoms in total. The summed E-state index contributed by atoms with van der Waals surface area (Å²) in [6.45, 7) is -0.0379. The SMILES string of the molecule is O=C(Cc1ccccc1)OCc1ccc(C(F)(F)F)cc1. The van der Waals surface area contributed by atoms with E-state index in [0.29, 0.717) is 5.56 Å². The second kappa shape index (κ2) is 6.43. The molecule has 0 bridgehead atoms. The van der Waals surface area contributed by atoms with Crippen LogP contribution in [0.4, 0.5) is 13.2 Å². The number of benzene rings is 2. The monoisotopic (exact) mass is 294 g/mol. The zero-order valence-electron chi connectivity index (χ0n) is 11.1. The summed E-state index contributed by atoms with van der Waals surface area (Å²) in [5.41, 5.74) is 0.626. The molecule has 2 aromatic carbocycles. The average Bonchev–Trinajstić information content (AvgIpc) is 2.46. The van der Waals surface area contributed by atoms with Gasteiger partial charge in [-0.15, -0.1) is 0 Å². The van der Waals surface area contributed by atoms with Gasteiger partial charge < -0.3 is 4.74 Å². The molecule has 0 aliphatic rings. The summed E-state index contributed by atoms with van der Waals surface area (Å²) in [6, 6.07) is 13.6. The highest BCUT2D eigenvalue weighted by Crippen LogP contribution is 2.29. The van der Waals surface area contributed by atoms with E-state index in [1.165, 1.54) is 12.1 Å². The number of carbonyl (C=O) groups excluding carboxylic acids is 1. The number of hydrogen-bond acceptors (Lipinski definition) is 2. The Bertz CT molecular complexity index is 589. The van der Waals surface area contributed by atoms with Crippen LogP contribution in [0, 0.1) is 0 Å². The normalized spacial score (nSPS) is 11.2. The fourth-order valence-electron chi connectivity index (χ4n) is 1.77. The zero-order valence-corrected chi connectivity index (χ0v) is 11.1. The third-order valence-electron chi connectivity index (χ3n) is 2.87. The van der Waals surface area contributed by atoms with Gasteiger partial charge >= 0.3 is 12.1 Å². The highest BCUT2D eigenvalue weighted by Gasteiger charge is 2.29. The number of alkyl halides is 3. The minimum absolute atomic E-state index is 0.0379. The van der Waals surface area contributed by atoms with Crippen LogP contribution in [0.3, 0.4) is 0 Å². The Hall–Kier alpha value is -2.30. The highest BCUT2D eigenvalue weighted by molar-refractivity contribution is 5.72. The quantitative estimate of drug-likeness (QED) is 0.797. The van der Waals surface area contributed by atoms with E-state index in [1.807, 2.05) is 18.2 Å². The smallest absolute Gasteiger partial charge is 0.416 e. The van der Waals surface area contributed by atoms with Gasteiger partial charge in [0, 0.05) is 0 Å². The van der Waals surface area contributed by atoms with Crippen molar-refractivity contribution in [2.24, 2.45) is 0 Å². The lowest BCUT2D eigenvalue weighted by molar-refractivity contribution is -0.144. The van der Waals surface area contributed by atoms with Crippen molar-refractivity contribution < 1.29 is 22.7 Å². The minimum Gasteiger partial charge on any atom is -0.461 e. The summed E-state index contributed by atoms with van der Waals surface area (Å²) >= 11 is 0. The number of carbonyl (C=O) groups is 1. The molecule has 0 atom stereocenters. The van der Waals surface area contributed by atoms with Gasteiger partial charge in [0.05, 0.1) is 12.0 Å². The molecule has 2 rings (SSSR count). The van der Waals surface area contributed by atoms with Crippen LogP contribution in [-0.4, -0.2) is 5.97 Å². The van der Waals surface area contributed by atoms with E-state index in [2.05, 4.69) is 0 Å². The molecule has 0 saturated heterocycles. The van der Waals surface area contributed by atoms with Crippen LogP contribution in [0.15, 0.2) is 54.6 Å². The molecule has 0 unspecified atom stereocenters. The summed E-state index contributed by atoms with van der Waals surface area (Å²) in [6.07, 6.45) is -4.22. The lowest BCUT2D eigenvalue weighted by Gasteiger charge is -2.08. The Morgan fingerprint density at radius 3 is 2.10 bits per heavy atom. The lowest BCUT2D eigenvalue weighted by Crippen LogP contribution is -2.08. The Morgan fingerprint density at radius 1 is 0.905 bits per heavy atom. The zero-order chi connectivity index (χ0) is 15.3. The van der Waals surface area contributed by atoms with E-state index < -0.39 is 17.7 Å². The van der Waals surface area contributed by atoms with Gasteiger partial charge in [-0.3, -0.25) is 4.79 Å². The molecule has 0 N–H and O–H groups in total. The molecule has 0 aromatic heterocycles. The van der Waals surface area contributed by atoms with Crippen LogP contribution in [0.25, 0.3) is 0 Å². The minimum atomic E-state index is -4.36. The van der Waals surface area contributed by atoms with Gasteiger partial charge in [0.2, 0.25) is 0 Å². The molecular formula is C16H13F3O2. The van der Waals surface area contributed by atoms with E-state index in [0.717, 1.165) is 17.7 Å². The van der Waals surface area contributed by atoms with Gasteiger partial charge in [0.15, 0.2) is 0 Å². The van der Waals surface area contributed by atoms with Crippen molar-refractivity contribution in [3.05, 3.63) is 71.3 Å². The van der Waals surface area contributed by atoms with Crippen molar-refractivity contribution in [3.63, 3.8) is 0 Å². The second-order valence-electron chi connectivity index (χ2n) is 4.52. The third kappa shape index (κ3) is 4.63. The lowest BCUT2D eigenvalue weighted by atomic mass is 10.1. The van der Waals surface area contributed by atoms with Crippen molar-refractivity contribution in [2.75, 3.05) is 0 Å². The number of rotatable bonds is 4. The first kappa shape index (κ1) is 15.1. The first-order valence-corrected chi connectivity index (χ1v) is 6.31. The number of ether oxygens (including phenoxy) is 1. The van der Waals surface area contributed by atoms with Gasteiger partial charge in [-0.2, -0.15) is 13.2 Å². The number of esters is 1. The van der Waals surface area contributed by atoms with Gasteiger partial charge in [0.25, 0.3) is 0 Å². The van der Waals surface area contributed by atoms with Crippen LogP contribution >= 0.6 is 0 Å². The van der Waals surface area contributed by atoms with E-state index in [-0.39, 0.29) is 13.0 Å². The Balaban J connectivity index is 1.87. The fraction of sp³-hybridized carbons (Fsp3) is 0.188. The van der Waals surface area contributed by atoms with E-state index >= 15 is 0 Å². The van der Waals surface area contributed by atoms with Crippen molar-refractivity contribution >= 4 is 5.97 Å². The molecule has 0 saturated carbocycles. The molecule has 0 fully saturated rings. The number of halogens is 3. The second-order valence-corrected chi connectivity index (χ2v) is 4.52. The van der Waals surface area contributed by atoms with Crippen LogP contribution in [0.2, 0.25) is 0 Å². The third-order valence-corrected chi connectivity index (χ3v) is 2.87. The molecule has 0 heterocycles. The van der Waals surface area contributed by atoms with Crippen molar-refractivity contribution in [3.8, 4) is 0 Å². The summed E-state index contributed by atoms with van der Waals surface area (Å²) in [4.78, 5) is 11.6. The van der Waals surface area contributed by atoms with E-state index in [9.17, 15) is 18.0 Å².